The molecule has 0 unspecified atom stereocenters. The van der Waals surface area contributed by atoms with Crippen LogP contribution < -0.4 is 10.1 Å². The van der Waals surface area contributed by atoms with E-state index in [0.29, 0.717) is 36.8 Å². The molecule has 1 saturated carbocycles. The average molecular weight is 395 g/mol. The van der Waals surface area contributed by atoms with Crippen LogP contribution in [-0.2, 0) is 4.79 Å². The minimum atomic E-state index is 0. The Kier molecular flexibility index (Phi) is 8.58. The smallest absolute Gasteiger partial charge is 0.222 e. The number of Topliss-reactive ketones (excluding diaryl/α,β-unsaturated/α-hetero) is 1. The molecule has 1 aliphatic carbocycles. The van der Waals surface area contributed by atoms with Crippen LogP contribution in [0.25, 0.3) is 0 Å². The highest BCUT2D eigenvalue weighted by Crippen LogP contribution is 2.28. The molecule has 1 heterocycles. The number of ether oxygens (including phenoxy) is 1. The Morgan fingerprint density at radius 1 is 1.19 bits per heavy atom. The minimum Gasteiger partial charge on any atom is -0.494 e. The van der Waals surface area contributed by atoms with Crippen molar-refractivity contribution in [3.05, 3.63) is 29.8 Å². The third-order valence-corrected chi connectivity index (χ3v) is 5.28. The number of nitrogens with one attached hydrogen (secondary N) is 1. The van der Waals surface area contributed by atoms with E-state index in [9.17, 15) is 9.59 Å². The number of piperidine rings is 1. The van der Waals surface area contributed by atoms with E-state index in [2.05, 4.69) is 5.32 Å². The summed E-state index contributed by atoms with van der Waals surface area (Å²) in [5, 5.41) is 3.64. The molecule has 0 spiro atoms. The van der Waals surface area contributed by atoms with E-state index >= 15 is 0 Å². The quantitative estimate of drug-likeness (QED) is 0.514. The van der Waals surface area contributed by atoms with Crippen molar-refractivity contribution in [2.45, 2.75) is 51.5 Å². The molecule has 1 saturated heterocycles. The molecule has 1 N–H and O–H groups in total. The number of carbonyl (C=O) groups excluding carboxylic acids is 2. The molecule has 0 atom stereocenters. The van der Waals surface area contributed by atoms with Gasteiger partial charge in [-0.1, -0.05) is 12.1 Å². The van der Waals surface area contributed by atoms with Crippen LogP contribution in [0.1, 0.15) is 55.8 Å². The second-order valence-electron chi connectivity index (χ2n) is 7.54. The van der Waals surface area contributed by atoms with Crippen LogP contribution in [-0.4, -0.2) is 48.9 Å². The molecule has 1 aromatic rings. The summed E-state index contributed by atoms with van der Waals surface area (Å²) in [5.74, 6) is 1.85. The number of carbonyl (C=O) groups is 2. The summed E-state index contributed by atoms with van der Waals surface area (Å²) in [6.07, 6.45) is 6.10. The van der Waals surface area contributed by atoms with E-state index in [1.165, 1.54) is 12.8 Å². The van der Waals surface area contributed by atoms with Gasteiger partial charge in [-0.25, -0.2) is 0 Å². The maximum atomic E-state index is 12.3. The molecule has 0 aromatic heterocycles. The summed E-state index contributed by atoms with van der Waals surface area (Å²) < 4.78 is 5.68. The summed E-state index contributed by atoms with van der Waals surface area (Å²) in [7, 11) is 0. The van der Waals surface area contributed by atoms with Crippen molar-refractivity contribution in [3.63, 3.8) is 0 Å². The van der Waals surface area contributed by atoms with Gasteiger partial charge in [-0.05, 0) is 63.6 Å². The number of benzene rings is 1. The summed E-state index contributed by atoms with van der Waals surface area (Å²) in [4.78, 5) is 25.7. The van der Waals surface area contributed by atoms with Gasteiger partial charge in [0.2, 0.25) is 5.91 Å². The Bertz CT molecular complexity index is 626. The SMILES string of the molecule is CC(=O)c1cccc(OCCCC(=O)N2CCC(NCC3CC3)CC2)c1.Cl. The standard InChI is InChI=1S/C21H30N2O3.ClH/c1-16(24)18-4-2-5-20(14-18)26-13-3-6-21(25)23-11-9-19(10-12-23)22-15-17-7-8-17;/h2,4-5,14,17,19,22H,3,6-13,15H2,1H3;1H. The normalized spacial score (nSPS) is 17.3. The number of hydrogen-bond donors (Lipinski definition) is 1. The zero-order valence-corrected chi connectivity index (χ0v) is 16.9. The van der Waals surface area contributed by atoms with Gasteiger partial charge in [0.05, 0.1) is 6.61 Å². The summed E-state index contributed by atoms with van der Waals surface area (Å²) >= 11 is 0. The third-order valence-electron chi connectivity index (χ3n) is 5.28. The highest BCUT2D eigenvalue weighted by atomic mass is 35.5. The van der Waals surface area contributed by atoms with Gasteiger partial charge < -0.3 is 15.0 Å². The number of amides is 1. The van der Waals surface area contributed by atoms with Gasteiger partial charge in [-0.3, -0.25) is 9.59 Å². The van der Waals surface area contributed by atoms with E-state index in [1.54, 1.807) is 19.1 Å². The maximum Gasteiger partial charge on any atom is 0.222 e. The van der Waals surface area contributed by atoms with Gasteiger partial charge in [0.15, 0.2) is 5.78 Å². The minimum absolute atomic E-state index is 0. The average Bonchev–Trinajstić information content (AvgIpc) is 3.48. The molecule has 6 heteroatoms. The molecule has 2 fully saturated rings. The highest BCUT2D eigenvalue weighted by molar-refractivity contribution is 5.94. The lowest BCUT2D eigenvalue weighted by Gasteiger charge is -2.32. The zero-order valence-electron chi connectivity index (χ0n) is 16.1. The fourth-order valence-corrected chi connectivity index (χ4v) is 3.36. The van der Waals surface area contributed by atoms with E-state index in [0.717, 1.165) is 38.4 Å². The lowest BCUT2D eigenvalue weighted by molar-refractivity contribution is -0.132. The molecule has 0 radical (unpaired) electrons. The van der Waals surface area contributed by atoms with Crippen molar-refractivity contribution >= 4 is 24.1 Å². The number of likely N-dealkylation sites (tertiary alicyclic amines) is 1. The summed E-state index contributed by atoms with van der Waals surface area (Å²) in [6.45, 7) is 4.92. The van der Waals surface area contributed by atoms with Gasteiger partial charge in [0, 0.05) is 31.1 Å². The van der Waals surface area contributed by atoms with Crippen LogP contribution in [0.5, 0.6) is 5.75 Å². The molecule has 1 amide bonds. The van der Waals surface area contributed by atoms with E-state index in [4.69, 9.17) is 4.74 Å². The van der Waals surface area contributed by atoms with Crippen LogP contribution in [0.3, 0.4) is 0 Å². The molecule has 0 bridgehead atoms. The van der Waals surface area contributed by atoms with Crippen molar-refractivity contribution in [1.29, 1.82) is 0 Å². The van der Waals surface area contributed by atoms with Gasteiger partial charge in [0.1, 0.15) is 5.75 Å². The maximum absolute atomic E-state index is 12.3. The van der Waals surface area contributed by atoms with Crippen molar-refractivity contribution in [1.82, 2.24) is 10.2 Å². The van der Waals surface area contributed by atoms with E-state index in [1.807, 2.05) is 17.0 Å². The van der Waals surface area contributed by atoms with Crippen molar-refractivity contribution in [2.24, 2.45) is 5.92 Å². The molecular weight excluding hydrogens is 364 g/mol. The molecule has 5 nitrogen and oxygen atoms in total. The zero-order chi connectivity index (χ0) is 18.4. The van der Waals surface area contributed by atoms with Crippen LogP contribution in [0.2, 0.25) is 0 Å². The summed E-state index contributed by atoms with van der Waals surface area (Å²) in [5.41, 5.74) is 0.650. The lowest BCUT2D eigenvalue weighted by atomic mass is 10.0. The van der Waals surface area contributed by atoms with E-state index < -0.39 is 0 Å². The fraction of sp³-hybridized carbons (Fsp3) is 0.619. The Labute approximate surface area is 168 Å². The van der Waals surface area contributed by atoms with Crippen LogP contribution >= 0.6 is 12.4 Å². The lowest BCUT2D eigenvalue weighted by Crippen LogP contribution is -2.45. The van der Waals surface area contributed by atoms with Crippen LogP contribution in [0.15, 0.2) is 24.3 Å². The first kappa shape index (κ1) is 21.7. The highest BCUT2D eigenvalue weighted by Gasteiger charge is 2.25. The summed E-state index contributed by atoms with van der Waals surface area (Å²) in [6, 6.07) is 7.77. The Hall–Kier alpha value is -1.59. The molecule has 2 aliphatic rings. The fourth-order valence-electron chi connectivity index (χ4n) is 3.36. The number of nitrogens with zero attached hydrogens (tertiary/aromatic N) is 1. The predicted octanol–water partition coefficient (Wildman–Crippen LogP) is 3.46. The van der Waals surface area contributed by atoms with Crippen molar-refractivity contribution in [3.8, 4) is 5.75 Å². The van der Waals surface area contributed by atoms with E-state index in [-0.39, 0.29) is 24.1 Å². The van der Waals surface area contributed by atoms with Gasteiger partial charge >= 0.3 is 0 Å². The first-order valence-electron chi connectivity index (χ1n) is 9.87. The molecule has 1 aromatic carbocycles. The number of ketones is 1. The van der Waals surface area contributed by atoms with Gasteiger partial charge in [0.25, 0.3) is 0 Å². The third kappa shape index (κ3) is 7.15. The second kappa shape index (κ2) is 10.7. The molecular formula is C21H31ClN2O3. The Balaban J connectivity index is 0.00000261. The largest absolute Gasteiger partial charge is 0.494 e. The number of hydrogen-bond acceptors (Lipinski definition) is 4. The first-order valence-corrected chi connectivity index (χ1v) is 9.87. The van der Waals surface area contributed by atoms with Crippen LogP contribution in [0.4, 0.5) is 0 Å². The predicted molar refractivity (Wildman–Crippen MR) is 109 cm³/mol. The van der Waals surface area contributed by atoms with Gasteiger partial charge in [-0.15, -0.1) is 12.4 Å². The molecule has 27 heavy (non-hydrogen) atoms. The monoisotopic (exact) mass is 394 g/mol. The number of rotatable bonds is 9. The topological polar surface area (TPSA) is 58.6 Å². The number of halogens is 1. The van der Waals surface area contributed by atoms with Crippen LogP contribution in [0, 0.1) is 5.92 Å². The van der Waals surface area contributed by atoms with Crippen molar-refractivity contribution in [2.75, 3.05) is 26.2 Å². The Morgan fingerprint density at radius 2 is 1.93 bits per heavy atom. The second-order valence-corrected chi connectivity index (χ2v) is 7.54. The van der Waals surface area contributed by atoms with Crippen molar-refractivity contribution < 1.29 is 14.3 Å². The first-order chi connectivity index (χ1) is 12.6. The molecule has 3 rings (SSSR count). The molecule has 1 aliphatic heterocycles. The van der Waals surface area contributed by atoms with Gasteiger partial charge in [-0.2, -0.15) is 0 Å². The Morgan fingerprint density at radius 3 is 2.59 bits per heavy atom. The molecule has 150 valence electrons.